The zero-order chi connectivity index (χ0) is 22.7. The van der Waals surface area contributed by atoms with Crippen LogP contribution in [-0.4, -0.2) is 42.6 Å². The van der Waals surface area contributed by atoms with Crippen LogP contribution >= 0.6 is 0 Å². The molecule has 0 saturated carbocycles. The number of hydrogen-bond acceptors (Lipinski definition) is 4. The monoisotopic (exact) mass is 436 g/mol. The van der Waals surface area contributed by atoms with E-state index in [9.17, 15) is 4.39 Å². The van der Waals surface area contributed by atoms with Gasteiger partial charge in [0.25, 0.3) is 0 Å². The first-order valence-corrected chi connectivity index (χ1v) is 12.4. The van der Waals surface area contributed by atoms with E-state index < -0.39 is 0 Å². The highest BCUT2D eigenvalue weighted by molar-refractivity contribution is 5.94. The summed E-state index contributed by atoms with van der Waals surface area (Å²) < 4.78 is 14.7. The van der Waals surface area contributed by atoms with Crippen molar-refractivity contribution >= 4 is 22.2 Å². The predicted molar refractivity (Wildman–Crippen MR) is 133 cm³/mol. The molecule has 4 heterocycles. The quantitative estimate of drug-likeness (QED) is 0.648. The topological polar surface area (TPSA) is 31.4 Å². The zero-order valence-electron chi connectivity index (χ0n) is 20.0. The van der Waals surface area contributed by atoms with E-state index in [2.05, 4.69) is 40.3 Å². The van der Waals surface area contributed by atoms with Crippen LogP contribution in [0.2, 0.25) is 0 Å². The fourth-order valence-corrected chi connectivity index (χ4v) is 4.79. The van der Waals surface area contributed by atoms with Crippen LogP contribution in [0, 0.1) is 11.7 Å². The van der Waals surface area contributed by atoms with Gasteiger partial charge in [0.1, 0.15) is 11.6 Å². The number of halogens is 1. The molecule has 32 heavy (non-hydrogen) atoms. The van der Waals surface area contributed by atoms with E-state index in [1.165, 1.54) is 30.7 Å². The maximum atomic E-state index is 14.7. The van der Waals surface area contributed by atoms with Crippen molar-refractivity contribution in [2.75, 3.05) is 37.6 Å². The first-order chi connectivity index (χ1) is 15.7. The largest absolute Gasteiger partial charge is 0.371 e. The molecule has 1 unspecified atom stereocenters. The predicted octanol–water partition coefficient (Wildman–Crippen LogP) is 5.73. The number of benzene rings is 1. The van der Waals surface area contributed by atoms with Crippen molar-refractivity contribution in [2.45, 2.75) is 53.4 Å². The average molecular weight is 437 g/mol. The van der Waals surface area contributed by atoms with Gasteiger partial charge in [-0.05, 0) is 60.6 Å². The summed E-state index contributed by atoms with van der Waals surface area (Å²) in [7, 11) is 0. The Hall–Kier alpha value is -2.56. The molecule has 172 valence electrons. The SMILES string of the molecule is CC.CCc1cc2nc(C3=CC=C(N4CCC4)NC3)cc(N3CCC(CC)C3)c2cc1F. The van der Waals surface area contributed by atoms with E-state index in [4.69, 9.17) is 4.98 Å². The van der Waals surface area contributed by atoms with Crippen molar-refractivity contribution in [3.63, 3.8) is 0 Å². The fraction of sp³-hybridized carbons (Fsp3) is 0.519. The standard InChI is InChI=1S/C25H31FN4.C2H6/c1-3-17-8-11-30(16-17)24-14-22(19-6-7-25(27-15-19)29-9-5-10-29)28-23-12-18(4-2)21(26)13-20(23)24;1-2/h6-7,12-14,17,27H,3-5,8-11,15-16H2,1-2H3;1-2H3. The number of dihydropyridines is 1. The lowest BCUT2D eigenvalue weighted by Crippen LogP contribution is -2.42. The summed E-state index contributed by atoms with van der Waals surface area (Å²) in [5, 5.41) is 4.50. The second-order valence-corrected chi connectivity index (χ2v) is 8.79. The second-order valence-electron chi connectivity index (χ2n) is 8.79. The maximum Gasteiger partial charge on any atom is 0.127 e. The van der Waals surface area contributed by atoms with Crippen molar-refractivity contribution in [3.05, 3.63) is 53.2 Å². The Kier molecular flexibility index (Phi) is 7.02. The number of anilines is 1. The van der Waals surface area contributed by atoms with Crippen LogP contribution in [0.15, 0.2) is 36.2 Å². The van der Waals surface area contributed by atoms with E-state index >= 15 is 0 Å². The molecule has 1 aromatic heterocycles. The lowest BCUT2D eigenvalue weighted by molar-refractivity contribution is 0.223. The molecule has 0 spiro atoms. The number of rotatable bonds is 5. The minimum atomic E-state index is -0.118. The number of allylic oxidation sites excluding steroid dienone is 2. The molecule has 3 aliphatic rings. The molecule has 0 radical (unpaired) electrons. The number of nitrogens with one attached hydrogen (secondary N) is 1. The molecule has 0 amide bonds. The molecule has 1 N–H and O–H groups in total. The normalized spacial score (nSPS) is 20.2. The Morgan fingerprint density at radius 2 is 1.88 bits per heavy atom. The minimum Gasteiger partial charge on any atom is -0.371 e. The highest BCUT2D eigenvalue weighted by Crippen LogP contribution is 2.35. The highest BCUT2D eigenvalue weighted by Gasteiger charge is 2.25. The third-order valence-corrected chi connectivity index (χ3v) is 6.97. The number of likely N-dealkylation sites (tertiary alicyclic amines) is 1. The van der Waals surface area contributed by atoms with Crippen LogP contribution in [0.3, 0.4) is 0 Å². The average Bonchev–Trinajstić information content (AvgIpc) is 3.28. The highest BCUT2D eigenvalue weighted by atomic mass is 19.1. The third-order valence-electron chi connectivity index (χ3n) is 6.97. The van der Waals surface area contributed by atoms with Gasteiger partial charge in [0, 0.05) is 43.8 Å². The van der Waals surface area contributed by atoms with Crippen LogP contribution in [0.25, 0.3) is 16.5 Å². The summed E-state index contributed by atoms with van der Waals surface area (Å²) in [5.74, 6) is 1.81. The van der Waals surface area contributed by atoms with Gasteiger partial charge in [0.15, 0.2) is 0 Å². The van der Waals surface area contributed by atoms with Gasteiger partial charge in [-0.15, -0.1) is 0 Å². The molecular weight excluding hydrogens is 399 g/mol. The molecule has 2 aromatic rings. The molecule has 1 atom stereocenters. The lowest BCUT2D eigenvalue weighted by atomic mass is 10.0. The molecular formula is C27H37FN4. The molecule has 2 saturated heterocycles. The van der Waals surface area contributed by atoms with Gasteiger partial charge >= 0.3 is 0 Å². The Morgan fingerprint density at radius 3 is 2.47 bits per heavy atom. The third kappa shape index (κ3) is 4.35. The Bertz CT molecular complexity index is 1020. The van der Waals surface area contributed by atoms with E-state index in [0.717, 1.165) is 60.6 Å². The first kappa shape index (κ1) is 22.6. The number of pyridine rings is 1. The minimum absolute atomic E-state index is 0.118. The Morgan fingerprint density at radius 1 is 1.06 bits per heavy atom. The Labute approximate surface area is 192 Å². The molecule has 0 bridgehead atoms. The molecule has 5 rings (SSSR count). The van der Waals surface area contributed by atoms with Gasteiger partial charge in [-0.2, -0.15) is 0 Å². The first-order valence-electron chi connectivity index (χ1n) is 12.4. The second kappa shape index (κ2) is 9.93. The van der Waals surface area contributed by atoms with E-state index in [1.54, 1.807) is 6.07 Å². The van der Waals surface area contributed by atoms with Crippen LogP contribution in [0.1, 0.15) is 58.2 Å². The van der Waals surface area contributed by atoms with E-state index in [1.807, 2.05) is 26.8 Å². The van der Waals surface area contributed by atoms with Crippen LogP contribution in [-0.2, 0) is 6.42 Å². The number of hydrogen-bond donors (Lipinski definition) is 1. The number of fused-ring (bicyclic) bond motifs is 1. The summed E-state index contributed by atoms with van der Waals surface area (Å²) in [5.41, 5.74) is 4.96. The van der Waals surface area contributed by atoms with E-state index in [0.29, 0.717) is 12.3 Å². The number of aryl methyl sites for hydroxylation is 1. The fourth-order valence-electron chi connectivity index (χ4n) is 4.79. The summed E-state index contributed by atoms with van der Waals surface area (Å²) in [6.45, 7) is 13.4. The van der Waals surface area contributed by atoms with Crippen molar-refractivity contribution in [1.29, 1.82) is 0 Å². The molecule has 2 fully saturated rings. The Balaban J connectivity index is 0.00000119. The summed E-state index contributed by atoms with van der Waals surface area (Å²) >= 11 is 0. The van der Waals surface area contributed by atoms with Crippen molar-refractivity contribution < 1.29 is 4.39 Å². The van der Waals surface area contributed by atoms with Crippen LogP contribution in [0.5, 0.6) is 0 Å². The van der Waals surface area contributed by atoms with Crippen molar-refractivity contribution in [1.82, 2.24) is 15.2 Å². The molecule has 3 aliphatic heterocycles. The molecule has 1 aromatic carbocycles. The van der Waals surface area contributed by atoms with Crippen molar-refractivity contribution in [3.8, 4) is 0 Å². The maximum absolute atomic E-state index is 14.7. The number of nitrogens with zero attached hydrogens (tertiary/aromatic N) is 3. The zero-order valence-corrected chi connectivity index (χ0v) is 20.0. The molecule has 5 heteroatoms. The van der Waals surface area contributed by atoms with Gasteiger partial charge in [0.2, 0.25) is 0 Å². The summed E-state index contributed by atoms with van der Waals surface area (Å²) in [6.07, 6.45) is 8.73. The summed E-state index contributed by atoms with van der Waals surface area (Å²) in [6, 6.07) is 5.83. The smallest absolute Gasteiger partial charge is 0.127 e. The van der Waals surface area contributed by atoms with Gasteiger partial charge in [-0.25, -0.2) is 9.37 Å². The van der Waals surface area contributed by atoms with Gasteiger partial charge in [0.05, 0.1) is 11.2 Å². The van der Waals surface area contributed by atoms with Gasteiger partial charge in [-0.3, -0.25) is 0 Å². The van der Waals surface area contributed by atoms with E-state index in [-0.39, 0.29) is 5.82 Å². The molecule has 0 aliphatic carbocycles. The lowest BCUT2D eigenvalue weighted by Gasteiger charge is -2.36. The van der Waals surface area contributed by atoms with Crippen molar-refractivity contribution in [2.24, 2.45) is 5.92 Å². The van der Waals surface area contributed by atoms with Crippen LogP contribution in [0.4, 0.5) is 10.1 Å². The number of aromatic nitrogens is 1. The molecule has 4 nitrogen and oxygen atoms in total. The van der Waals surface area contributed by atoms with Gasteiger partial charge in [-0.1, -0.05) is 40.2 Å². The van der Waals surface area contributed by atoms with Crippen LogP contribution < -0.4 is 10.2 Å². The summed E-state index contributed by atoms with van der Waals surface area (Å²) in [4.78, 5) is 9.79. The van der Waals surface area contributed by atoms with Gasteiger partial charge < -0.3 is 15.1 Å².